The van der Waals surface area contributed by atoms with Gasteiger partial charge in [-0.05, 0) is 41.5 Å². The third-order valence-corrected chi connectivity index (χ3v) is 9.40. The fourth-order valence-electron chi connectivity index (χ4n) is 4.72. The number of carboxylic acid groups (broad SMARTS) is 1. The number of aromatic nitrogens is 1. The van der Waals surface area contributed by atoms with Crippen molar-refractivity contribution in [2.75, 3.05) is 19.6 Å². The van der Waals surface area contributed by atoms with E-state index >= 15 is 0 Å². The maximum atomic E-state index is 13.6. The van der Waals surface area contributed by atoms with Crippen LogP contribution in [0.3, 0.4) is 0 Å². The highest BCUT2D eigenvalue weighted by molar-refractivity contribution is 8.02. The molecule has 1 aromatic rings. The summed E-state index contributed by atoms with van der Waals surface area (Å²) >= 11 is 2.18. The molecule has 3 fully saturated rings. The zero-order chi connectivity index (χ0) is 33.5. The van der Waals surface area contributed by atoms with Crippen molar-refractivity contribution in [3.63, 3.8) is 0 Å². The number of hydrazone groups is 1. The topological polar surface area (TPSA) is 198 Å². The molecule has 4 rings (SSSR count). The van der Waals surface area contributed by atoms with Crippen molar-refractivity contribution in [3.8, 4) is 0 Å². The Morgan fingerprint density at radius 1 is 1.20 bits per heavy atom. The largest absolute Gasteiger partial charge is 0.541 e. The lowest BCUT2D eigenvalue weighted by Crippen LogP contribution is -2.59. The molecule has 0 aromatic carbocycles. The first kappa shape index (κ1) is 33.9. The molecule has 19 heteroatoms. The predicted octanol–water partition coefficient (Wildman–Crippen LogP) is 0.914. The summed E-state index contributed by atoms with van der Waals surface area (Å²) in [5.74, 6) is -5.07. The van der Waals surface area contributed by atoms with Crippen LogP contribution in [0.15, 0.2) is 15.6 Å². The van der Waals surface area contributed by atoms with E-state index in [-0.39, 0.29) is 37.5 Å². The first-order chi connectivity index (χ1) is 20.9. The van der Waals surface area contributed by atoms with E-state index in [4.69, 9.17) is 22.7 Å². The molecular weight excluding hydrogens is 631 g/mol. The monoisotopic (exact) mass is 662 g/mol. The van der Waals surface area contributed by atoms with E-state index in [1.165, 1.54) is 30.1 Å². The number of ether oxygens (including phenoxy) is 1. The first-order valence-electron chi connectivity index (χ1n) is 13.6. The summed E-state index contributed by atoms with van der Waals surface area (Å²) in [6.45, 7) is 9.34. The molecular formula is C26H31BN6O10S2. The zero-order valence-corrected chi connectivity index (χ0v) is 27.0. The Balaban J connectivity index is 1.55. The number of aliphatic carboxylic acids is 1. The number of urea groups is 1. The Hall–Kier alpha value is -4.00. The molecule has 1 N–H and O–H groups in total. The average Bonchev–Trinajstić information content (AvgIpc) is 3.65. The smallest absolute Gasteiger partial charge is 0.378 e. The molecule has 0 saturated carbocycles. The molecule has 0 aliphatic carbocycles. The zero-order valence-electron chi connectivity index (χ0n) is 25.3. The second-order valence-electron chi connectivity index (χ2n) is 11.8. The van der Waals surface area contributed by atoms with Crippen LogP contribution in [-0.4, -0.2) is 122 Å². The number of esters is 1. The van der Waals surface area contributed by atoms with Crippen molar-refractivity contribution in [1.29, 1.82) is 0 Å². The number of hydrogen-bond acceptors (Lipinski definition) is 14. The molecule has 3 aliphatic rings. The normalized spacial score (nSPS) is 23.7. The molecule has 4 heterocycles. The van der Waals surface area contributed by atoms with E-state index in [9.17, 15) is 28.8 Å². The minimum Gasteiger partial charge on any atom is -0.541 e. The standard InChI is InChI=1S/C26H31BN6O10S2/c1-13-29-15(11-44-13)18(30-43-25(5,6)21(38)41-24(2,3)4)16(34)9-14-19(37)31-12-26(22(39)42-27,45-20(14)31)32-7-8-33(23(32)40)28-10-17(35)36/h10-11,14,20H,7-9,12H2,1-6H3,(H,35,36)/b28-10+,30-18-/t14?,20-,26-/m1/s1. The number of oxime groups is 1. The second-order valence-corrected chi connectivity index (χ2v) is 14.3. The van der Waals surface area contributed by atoms with Gasteiger partial charge in [-0.25, -0.2) is 24.4 Å². The maximum absolute atomic E-state index is 13.6. The van der Waals surface area contributed by atoms with E-state index in [0.29, 0.717) is 11.2 Å². The van der Waals surface area contributed by atoms with E-state index in [0.717, 1.165) is 21.7 Å². The Bertz CT molecular complexity index is 1490. The van der Waals surface area contributed by atoms with Gasteiger partial charge in [-0.3, -0.25) is 19.3 Å². The van der Waals surface area contributed by atoms with Gasteiger partial charge in [0.2, 0.25) is 16.4 Å². The van der Waals surface area contributed by atoms with Crippen molar-refractivity contribution in [2.24, 2.45) is 16.2 Å². The van der Waals surface area contributed by atoms with Crippen molar-refractivity contribution < 1.29 is 48.1 Å². The van der Waals surface area contributed by atoms with Crippen molar-refractivity contribution in [2.45, 2.75) is 69.4 Å². The van der Waals surface area contributed by atoms with Gasteiger partial charge in [0, 0.05) is 18.3 Å². The SMILES string of the molecule is [B]OC(=O)[C@@]1(N2CCN(/N=C/C(=O)O)C2=O)CN2C(=O)C(CC(=O)/C(=N\OC(C)(C)C(=O)OC(C)(C)C)c3csc(C)n3)[C@H]2S1. The number of carbonyl (C=O) groups excluding carboxylic acids is 5. The third kappa shape index (κ3) is 6.83. The van der Waals surface area contributed by atoms with Gasteiger partial charge in [-0.2, -0.15) is 5.10 Å². The molecule has 1 aromatic heterocycles. The van der Waals surface area contributed by atoms with Crippen LogP contribution in [0.25, 0.3) is 0 Å². The molecule has 1 unspecified atom stereocenters. The van der Waals surface area contributed by atoms with Crippen LogP contribution in [0.4, 0.5) is 4.79 Å². The van der Waals surface area contributed by atoms with E-state index in [2.05, 4.69) is 19.9 Å². The Morgan fingerprint density at radius 2 is 1.89 bits per heavy atom. The lowest BCUT2D eigenvalue weighted by molar-refractivity contribution is -0.179. The van der Waals surface area contributed by atoms with E-state index < -0.39 is 63.0 Å². The molecule has 2 radical (unpaired) electrons. The molecule has 3 aliphatic heterocycles. The number of rotatable bonds is 11. The third-order valence-electron chi connectivity index (χ3n) is 6.90. The molecule has 240 valence electrons. The number of ketones is 1. The number of carboxylic acids is 1. The van der Waals surface area contributed by atoms with E-state index in [1.54, 1.807) is 33.1 Å². The highest BCUT2D eigenvalue weighted by Gasteiger charge is 2.66. The van der Waals surface area contributed by atoms with Gasteiger partial charge in [-0.15, -0.1) is 11.3 Å². The molecule has 3 atom stereocenters. The number of thiazole rings is 1. The summed E-state index contributed by atoms with van der Waals surface area (Å²) in [5.41, 5.74) is -2.38. The number of Topliss-reactive ketones (excluding diaryl/α,β-unsaturated/α-hetero) is 1. The first-order valence-corrected chi connectivity index (χ1v) is 15.4. The summed E-state index contributed by atoms with van der Waals surface area (Å²) in [4.78, 5) is 87.1. The summed E-state index contributed by atoms with van der Waals surface area (Å²) < 4.78 is 9.92. The van der Waals surface area contributed by atoms with Gasteiger partial charge in [0.05, 0.1) is 29.4 Å². The minimum atomic E-state index is -1.76. The van der Waals surface area contributed by atoms with Crippen LogP contribution in [0.5, 0.6) is 0 Å². The second kappa shape index (κ2) is 12.4. The van der Waals surface area contributed by atoms with Gasteiger partial charge < -0.3 is 24.2 Å². The van der Waals surface area contributed by atoms with Crippen molar-refractivity contribution in [3.05, 3.63) is 16.1 Å². The maximum Gasteiger partial charge on any atom is 0.378 e. The minimum absolute atomic E-state index is 0.0319. The lowest BCUT2D eigenvalue weighted by atomic mass is 9.90. The van der Waals surface area contributed by atoms with Crippen LogP contribution in [0.1, 0.15) is 51.7 Å². The van der Waals surface area contributed by atoms with Crippen LogP contribution in [0, 0.1) is 12.8 Å². The van der Waals surface area contributed by atoms with Gasteiger partial charge in [-0.1, -0.05) is 16.9 Å². The number of carbonyl (C=O) groups is 6. The Morgan fingerprint density at radius 3 is 2.47 bits per heavy atom. The molecule has 0 spiro atoms. The molecule has 3 saturated heterocycles. The van der Waals surface area contributed by atoms with Crippen molar-refractivity contribution >= 4 is 78.7 Å². The molecule has 3 amide bonds. The fourth-order valence-corrected chi connectivity index (χ4v) is 7.06. The Kier molecular flexibility index (Phi) is 9.35. The number of thioether (sulfide) groups is 1. The number of fused-ring (bicyclic) bond motifs is 1. The van der Waals surface area contributed by atoms with E-state index in [1.807, 2.05) is 0 Å². The van der Waals surface area contributed by atoms with Crippen LogP contribution >= 0.6 is 23.1 Å². The quantitative estimate of drug-likeness (QED) is 0.116. The summed E-state index contributed by atoms with van der Waals surface area (Å²) in [6, 6.07) is -0.786. The summed E-state index contributed by atoms with van der Waals surface area (Å²) in [6.07, 6.45) is 0.187. The van der Waals surface area contributed by atoms with Gasteiger partial charge in [0.1, 0.15) is 17.5 Å². The number of hydrogen-bond donors (Lipinski definition) is 1. The number of aryl methyl sites for hydroxylation is 1. The highest BCUT2D eigenvalue weighted by atomic mass is 32.2. The molecule has 0 bridgehead atoms. The molecule has 45 heavy (non-hydrogen) atoms. The molecule has 16 nitrogen and oxygen atoms in total. The van der Waals surface area contributed by atoms with Crippen molar-refractivity contribution in [1.82, 2.24) is 19.8 Å². The predicted molar refractivity (Wildman–Crippen MR) is 160 cm³/mol. The average molecular weight is 663 g/mol. The lowest BCUT2D eigenvalue weighted by Gasteiger charge is -2.40. The number of nitrogens with zero attached hydrogens (tertiary/aromatic N) is 6. The summed E-state index contributed by atoms with van der Waals surface area (Å²) in [5, 5.41) is 18.9. The summed E-state index contributed by atoms with van der Waals surface area (Å²) in [7, 11) is 5.23. The number of β-lactam (4-membered cyclic amide) rings is 1. The van der Waals surface area contributed by atoms with Gasteiger partial charge in [0.15, 0.2) is 11.5 Å². The van der Waals surface area contributed by atoms with Gasteiger partial charge in [0.25, 0.3) is 0 Å². The number of amides is 3. The van der Waals surface area contributed by atoms with Crippen LogP contribution < -0.4 is 0 Å². The fraction of sp³-hybridized carbons (Fsp3) is 0.577. The van der Waals surface area contributed by atoms with Crippen LogP contribution in [-0.2, 0) is 38.2 Å². The van der Waals surface area contributed by atoms with Crippen LogP contribution in [0.2, 0.25) is 0 Å². The Labute approximate surface area is 267 Å². The highest BCUT2D eigenvalue weighted by Crippen LogP contribution is 2.53. The van der Waals surface area contributed by atoms with Gasteiger partial charge >= 0.3 is 32.0 Å².